The van der Waals surface area contributed by atoms with Gasteiger partial charge >= 0.3 is 6.80 Å². The summed E-state index contributed by atoms with van der Waals surface area (Å²) in [5, 5.41) is 0. The van der Waals surface area contributed by atoms with E-state index < -0.39 is 6.80 Å². The highest BCUT2D eigenvalue weighted by Crippen LogP contribution is 2.61. The molecule has 2 rings (SSSR count). The van der Waals surface area contributed by atoms with Crippen LogP contribution in [0.15, 0.2) is 54.6 Å². The zero-order valence-corrected chi connectivity index (χ0v) is 15.7. The molecule has 2 aromatic carbocycles. The lowest BCUT2D eigenvalue weighted by molar-refractivity contribution is 0.275. The minimum atomic E-state index is -3.24. The fourth-order valence-electron chi connectivity index (χ4n) is 1.95. The molecule has 130 valence electrons. The van der Waals surface area contributed by atoms with Crippen molar-refractivity contribution in [3.05, 3.63) is 60.2 Å². The predicted octanol–water partition coefficient (Wildman–Crippen LogP) is 5.93. The largest absolute Gasteiger partial charge is 0.485 e. The van der Waals surface area contributed by atoms with Gasteiger partial charge in [-0.25, -0.2) is 4.57 Å². The molecule has 0 aliphatic rings. The van der Waals surface area contributed by atoms with Crippen molar-refractivity contribution in [2.24, 2.45) is 0 Å². The van der Waals surface area contributed by atoms with Gasteiger partial charge in [-0.15, -0.1) is 0 Å². The Balaban J connectivity index is 2.10. The van der Waals surface area contributed by atoms with E-state index in [1.165, 1.54) is 11.4 Å². The lowest BCUT2D eigenvalue weighted by atomic mass is 10.2. The molecule has 0 radical (unpaired) electrons. The maximum absolute atomic E-state index is 12.8. The van der Waals surface area contributed by atoms with Gasteiger partial charge < -0.3 is 9.26 Å². The standard InChI is InChI=1S/C18H23O4PS/c1-3-14-24-23(19,21-4-2)22-18-13-9-8-12-17(18)20-15-16-10-6-5-7-11-16/h5-13H,3-4,14-15H2,1-2H3. The van der Waals surface area contributed by atoms with Crippen molar-refractivity contribution in [2.75, 3.05) is 12.4 Å². The number of hydrogen-bond donors (Lipinski definition) is 0. The van der Waals surface area contributed by atoms with E-state index >= 15 is 0 Å². The average molecular weight is 366 g/mol. The molecule has 4 nitrogen and oxygen atoms in total. The SMILES string of the molecule is CCCSP(=O)(OCC)Oc1ccccc1OCc1ccccc1. The van der Waals surface area contributed by atoms with Crippen LogP contribution in [0, 0.1) is 0 Å². The van der Waals surface area contributed by atoms with Crippen LogP contribution in [0.3, 0.4) is 0 Å². The van der Waals surface area contributed by atoms with E-state index in [0.717, 1.165) is 12.0 Å². The van der Waals surface area contributed by atoms with Crippen molar-refractivity contribution in [2.45, 2.75) is 26.9 Å². The monoisotopic (exact) mass is 366 g/mol. The van der Waals surface area contributed by atoms with Gasteiger partial charge in [-0.3, -0.25) is 4.52 Å². The number of hydrogen-bond acceptors (Lipinski definition) is 5. The molecule has 0 bridgehead atoms. The Bertz CT molecular complexity index is 663. The lowest BCUT2D eigenvalue weighted by Gasteiger charge is -2.19. The van der Waals surface area contributed by atoms with E-state index in [2.05, 4.69) is 0 Å². The summed E-state index contributed by atoms with van der Waals surface area (Å²) >= 11 is 1.22. The molecule has 0 fully saturated rings. The second kappa shape index (κ2) is 9.77. The van der Waals surface area contributed by atoms with Crippen molar-refractivity contribution in [3.8, 4) is 11.5 Å². The number of rotatable bonds is 10. The van der Waals surface area contributed by atoms with Crippen LogP contribution in [-0.2, 0) is 15.7 Å². The molecule has 0 aromatic heterocycles. The van der Waals surface area contributed by atoms with Gasteiger partial charge in [0, 0.05) is 5.75 Å². The van der Waals surface area contributed by atoms with Crippen LogP contribution >= 0.6 is 18.2 Å². The maximum atomic E-state index is 12.8. The van der Waals surface area contributed by atoms with Crippen LogP contribution in [0.25, 0.3) is 0 Å². The van der Waals surface area contributed by atoms with E-state index in [1.807, 2.05) is 49.4 Å². The zero-order valence-electron chi connectivity index (χ0n) is 14.0. The fraction of sp³-hybridized carbons (Fsp3) is 0.333. The second-order valence-corrected chi connectivity index (χ2v) is 9.13. The van der Waals surface area contributed by atoms with Crippen molar-refractivity contribution < 1.29 is 18.3 Å². The van der Waals surface area contributed by atoms with E-state index in [4.69, 9.17) is 13.8 Å². The highest BCUT2D eigenvalue weighted by atomic mass is 32.7. The lowest BCUT2D eigenvalue weighted by Crippen LogP contribution is -2.00. The third-order valence-corrected chi connectivity index (χ3v) is 6.98. The Labute approximate surface area is 147 Å². The molecule has 2 aromatic rings. The third-order valence-electron chi connectivity index (χ3n) is 3.04. The molecule has 0 N–H and O–H groups in total. The summed E-state index contributed by atoms with van der Waals surface area (Å²) in [5.41, 5.74) is 1.06. The average Bonchev–Trinajstić information content (AvgIpc) is 2.60. The van der Waals surface area contributed by atoms with E-state index in [-0.39, 0.29) is 0 Å². The minimum absolute atomic E-state index is 0.334. The molecule has 0 aliphatic heterocycles. The summed E-state index contributed by atoms with van der Waals surface area (Å²) in [6.45, 7) is 1.34. The summed E-state index contributed by atoms with van der Waals surface area (Å²) in [5.74, 6) is 1.71. The molecule has 0 aliphatic carbocycles. The van der Waals surface area contributed by atoms with Gasteiger partial charge in [0.05, 0.1) is 6.61 Å². The van der Waals surface area contributed by atoms with E-state index in [1.54, 1.807) is 19.1 Å². The molecular formula is C18H23O4PS. The van der Waals surface area contributed by atoms with Gasteiger partial charge in [0.25, 0.3) is 0 Å². The molecule has 1 atom stereocenters. The quantitative estimate of drug-likeness (QED) is 0.488. The normalized spacial score (nSPS) is 13.2. The summed E-state index contributed by atoms with van der Waals surface area (Å²) in [6.07, 6.45) is 0.900. The van der Waals surface area contributed by atoms with Gasteiger partial charge in [-0.1, -0.05) is 49.4 Å². The molecule has 0 spiro atoms. The Morgan fingerprint density at radius 1 is 0.958 bits per heavy atom. The van der Waals surface area contributed by atoms with Crippen LogP contribution in [0.4, 0.5) is 0 Å². The van der Waals surface area contributed by atoms with Crippen molar-refractivity contribution >= 4 is 18.2 Å². The van der Waals surface area contributed by atoms with Crippen molar-refractivity contribution in [1.29, 1.82) is 0 Å². The molecule has 24 heavy (non-hydrogen) atoms. The van der Waals surface area contributed by atoms with Crippen LogP contribution < -0.4 is 9.26 Å². The highest BCUT2D eigenvalue weighted by Gasteiger charge is 2.27. The third kappa shape index (κ3) is 5.90. The van der Waals surface area contributed by atoms with Crippen LogP contribution in [0.2, 0.25) is 0 Å². The van der Waals surface area contributed by atoms with Gasteiger partial charge in [0.1, 0.15) is 6.61 Å². The molecule has 0 amide bonds. The van der Waals surface area contributed by atoms with E-state index in [9.17, 15) is 4.57 Å². The smallest absolute Gasteiger partial charge is 0.440 e. The van der Waals surface area contributed by atoms with Crippen molar-refractivity contribution in [1.82, 2.24) is 0 Å². The maximum Gasteiger partial charge on any atom is 0.440 e. The molecule has 6 heteroatoms. The minimum Gasteiger partial charge on any atom is -0.485 e. The predicted molar refractivity (Wildman–Crippen MR) is 99.8 cm³/mol. The molecule has 0 heterocycles. The first-order chi connectivity index (χ1) is 11.7. The number of ether oxygens (including phenoxy) is 1. The molecule has 0 saturated carbocycles. The van der Waals surface area contributed by atoms with Crippen LogP contribution in [-0.4, -0.2) is 12.4 Å². The topological polar surface area (TPSA) is 44.8 Å². The summed E-state index contributed by atoms with van der Waals surface area (Å²) in [6, 6.07) is 17.1. The summed E-state index contributed by atoms with van der Waals surface area (Å²) in [7, 11) is 0. The Morgan fingerprint density at radius 2 is 1.62 bits per heavy atom. The summed E-state index contributed by atoms with van der Waals surface area (Å²) < 4.78 is 29.8. The fourth-order valence-corrected chi connectivity index (χ4v) is 5.40. The van der Waals surface area contributed by atoms with Crippen LogP contribution in [0.1, 0.15) is 25.8 Å². The molecule has 0 saturated heterocycles. The van der Waals surface area contributed by atoms with Gasteiger partial charge in [-0.05, 0) is 42.4 Å². The van der Waals surface area contributed by atoms with Crippen molar-refractivity contribution in [3.63, 3.8) is 0 Å². The zero-order chi connectivity index (χ0) is 17.3. The number of benzene rings is 2. The Hall–Kier alpha value is -1.42. The summed E-state index contributed by atoms with van der Waals surface area (Å²) in [4.78, 5) is 0. The number of para-hydroxylation sites is 2. The van der Waals surface area contributed by atoms with Gasteiger partial charge in [-0.2, -0.15) is 0 Å². The molecular weight excluding hydrogens is 343 g/mol. The first-order valence-electron chi connectivity index (χ1n) is 8.01. The highest BCUT2D eigenvalue weighted by molar-refractivity contribution is 8.55. The molecule has 1 unspecified atom stereocenters. The second-order valence-electron chi connectivity index (χ2n) is 5.01. The van der Waals surface area contributed by atoms with Gasteiger partial charge in [0.15, 0.2) is 11.5 Å². The Morgan fingerprint density at radius 3 is 2.29 bits per heavy atom. The van der Waals surface area contributed by atoms with Crippen LogP contribution in [0.5, 0.6) is 11.5 Å². The van der Waals surface area contributed by atoms with E-state index in [0.29, 0.717) is 30.5 Å². The Kier molecular flexibility index (Phi) is 7.70. The first-order valence-corrected chi connectivity index (χ1v) is 11.1. The van der Waals surface area contributed by atoms with Gasteiger partial charge in [0.2, 0.25) is 0 Å². The first kappa shape index (κ1) is 18.9.